The number of sulfone groups is 1. The summed E-state index contributed by atoms with van der Waals surface area (Å²) in [5, 5.41) is 18.4. The molecule has 2 atom stereocenters. The van der Waals surface area contributed by atoms with Crippen LogP contribution in [0.2, 0.25) is 5.02 Å². The van der Waals surface area contributed by atoms with Gasteiger partial charge in [0, 0.05) is 10.9 Å². The molecule has 0 amide bonds. The molecule has 0 spiro atoms. The lowest BCUT2D eigenvalue weighted by atomic mass is 10.0. The third-order valence-corrected chi connectivity index (χ3v) is 6.91. The summed E-state index contributed by atoms with van der Waals surface area (Å²) >= 11 is 5.86. The molecule has 6 heteroatoms. The zero-order valence-electron chi connectivity index (χ0n) is 12.8. The van der Waals surface area contributed by atoms with E-state index in [1.807, 2.05) is 19.1 Å². The molecule has 0 N–H and O–H groups in total. The third-order valence-electron chi connectivity index (χ3n) is 4.42. The second-order valence-electron chi connectivity index (χ2n) is 5.90. The molecule has 4 nitrogen and oxygen atoms in total. The Morgan fingerprint density at radius 1 is 1.00 bits per heavy atom. The van der Waals surface area contributed by atoms with Crippen molar-refractivity contribution in [3.8, 4) is 12.1 Å². The summed E-state index contributed by atoms with van der Waals surface area (Å²) in [5.74, 6) is -0.684. The first kappa shape index (κ1) is 16.5. The van der Waals surface area contributed by atoms with Crippen molar-refractivity contribution in [1.82, 2.24) is 0 Å². The van der Waals surface area contributed by atoms with E-state index in [0.29, 0.717) is 10.6 Å². The molecular weight excluding hydrogens is 344 g/mol. The number of halogens is 1. The van der Waals surface area contributed by atoms with E-state index in [4.69, 9.17) is 11.6 Å². The van der Waals surface area contributed by atoms with Gasteiger partial charge in [-0.15, -0.1) is 0 Å². The van der Waals surface area contributed by atoms with Gasteiger partial charge in [-0.25, -0.2) is 8.42 Å². The third kappa shape index (κ3) is 2.38. The lowest BCUT2D eigenvalue weighted by Gasteiger charge is -2.04. The predicted octanol–water partition coefficient (Wildman–Crippen LogP) is 3.62. The van der Waals surface area contributed by atoms with Crippen molar-refractivity contribution in [2.24, 2.45) is 5.41 Å². The normalized spacial score (nSPS) is 21.5. The smallest absolute Gasteiger partial charge is 0.184 e. The van der Waals surface area contributed by atoms with Crippen LogP contribution in [0.5, 0.6) is 0 Å². The van der Waals surface area contributed by atoms with Crippen LogP contribution in [-0.2, 0) is 9.84 Å². The molecule has 2 aromatic rings. The van der Waals surface area contributed by atoms with E-state index < -0.39 is 26.4 Å². The zero-order chi connectivity index (χ0) is 17.5. The van der Waals surface area contributed by atoms with Crippen molar-refractivity contribution < 1.29 is 8.42 Å². The van der Waals surface area contributed by atoms with Crippen LogP contribution in [0, 0.1) is 35.0 Å². The van der Waals surface area contributed by atoms with Crippen molar-refractivity contribution in [2.45, 2.75) is 23.0 Å². The molecule has 0 radical (unpaired) electrons. The molecule has 0 heterocycles. The molecule has 24 heavy (non-hydrogen) atoms. The number of nitriles is 2. The topological polar surface area (TPSA) is 81.7 Å². The summed E-state index contributed by atoms with van der Waals surface area (Å²) in [6.07, 6.45) is 0. The van der Waals surface area contributed by atoms with Crippen LogP contribution in [-0.4, -0.2) is 13.7 Å². The van der Waals surface area contributed by atoms with E-state index in [1.165, 1.54) is 12.1 Å². The van der Waals surface area contributed by atoms with Gasteiger partial charge in [0.2, 0.25) is 0 Å². The maximum absolute atomic E-state index is 13.0. The van der Waals surface area contributed by atoms with Gasteiger partial charge in [-0.2, -0.15) is 10.5 Å². The number of nitrogens with zero attached hydrogens (tertiary/aromatic N) is 2. The Morgan fingerprint density at radius 3 is 2.04 bits per heavy atom. The SMILES string of the molecule is Cc1ccc(S(=O)(=O)[C@@H]2[C@@H](c3ccc(Cl)cc3)C2(C#N)C#N)cc1. The van der Waals surface area contributed by atoms with Crippen LogP contribution in [0.3, 0.4) is 0 Å². The van der Waals surface area contributed by atoms with Gasteiger partial charge in [0.15, 0.2) is 15.3 Å². The monoisotopic (exact) mass is 356 g/mol. The maximum atomic E-state index is 13.0. The number of hydrogen-bond acceptors (Lipinski definition) is 4. The van der Waals surface area contributed by atoms with E-state index in [2.05, 4.69) is 0 Å². The molecule has 3 rings (SSSR count). The molecule has 0 bridgehead atoms. The summed E-state index contributed by atoms with van der Waals surface area (Å²) in [6.45, 7) is 1.86. The van der Waals surface area contributed by atoms with Crippen molar-refractivity contribution in [3.63, 3.8) is 0 Å². The Bertz CT molecular complexity index is 954. The highest BCUT2D eigenvalue weighted by molar-refractivity contribution is 7.92. The van der Waals surface area contributed by atoms with Gasteiger partial charge in [-0.3, -0.25) is 0 Å². The van der Waals surface area contributed by atoms with Gasteiger partial charge >= 0.3 is 0 Å². The summed E-state index contributed by atoms with van der Waals surface area (Å²) in [4.78, 5) is 0.129. The van der Waals surface area contributed by atoms with E-state index in [1.54, 1.807) is 36.4 Å². The fraction of sp³-hybridized carbons (Fsp3) is 0.222. The lowest BCUT2D eigenvalue weighted by Crippen LogP contribution is -2.14. The zero-order valence-corrected chi connectivity index (χ0v) is 14.3. The quantitative estimate of drug-likeness (QED) is 0.840. The Kier molecular flexibility index (Phi) is 3.87. The number of hydrogen-bond donors (Lipinski definition) is 0. The first-order chi connectivity index (χ1) is 11.4. The second kappa shape index (κ2) is 5.63. The Morgan fingerprint density at radius 2 is 1.54 bits per heavy atom. The molecule has 120 valence electrons. The molecule has 1 saturated carbocycles. The van der Waals surface area contributed by atoms with Crippen molar-refractivity contribution in [1.29, 1.82) is 10.5 Å². The largest absolute Gasteiger partial charge is 0.223 e. The van der Waals surface area contributed by atoms with Crippen molar-refractivity contribution in [2.75, 3.05) is 0 Å². The standard InChI is InChI=1S/C18H13ClN2O2S/c1-12-2-8-15(9-3-12)24(22,23)17-16(18(17,10-20)11-21)13-4-6-14(19)7-5-13/h2-9,16-17H,1H3/t16-,17-/m1/s1. The molecule has 0 aliphatic heterocycles. The van der Waals surface area contributed by atoms with Crippen LogP contribution >= 0.6 is 11.6 Å². The summed E-state index contributed by atoms with van der Waals surface area (Å²) in [7, 11) is -3.80. The minimum Gasteiger partial charge on any atom is -0.223 e. The maximum Gasteiger partial charge on any atom is 0.184 e. The summed E-state index contributed by atoms with van der Waals surface area (Å²) in [5.41, 5.74) is -0.00797. The molecule has 1 aliphatic carbocycles. The number of benzene rings is 2. The van der Waals surface area contributed by atoms with E-state index >= 15 is 0 Å². The van der Waals surface area contributed by atoms with Gasteiger partial charge in [0.1, 0.15) is 5.25 Å². The number of aryl methyl sites for hydroxylation is 1. The average molecular weight is 357 g/mol. The van der Waals surface area contributed by atoms with Crippen LogP contribution in [0.4, 0.5) is 0 Å². The van der Waals surface area contributed by atoms with Crippen LogP contribution in [0.25, 0.3) is 0 Å². The fourth-order valence-corrected chi connectivity index (χ4v) is 5.38. The van der Waals surface area contributed by atoms with Crippen LogP contribution in [0.1, 0.15) is 17.0 Å². The second-order valence-corrected chi connectivity index (χ2v) is 8.41. The Labute approximate surface area is 145 Å². The van der Waals surface area contributed by atoms with E-state index in [0.717, 1.165) is 5.56 Å². The van der Waals surface area contributed by atoms with Crippen LogP contribution in [0.15, 0.2) is 53.4 Å². The first-order valence-corrected chi connectivity index (χ1v) is 9.18. The minimum atomic E-state index is -3.80. The Balaban J connectivity index is 2.09. The molecule has 0 aromatic heterocycles. The van der Waals surface area contributed by atoms with Crippen LogP contribution < -0.4 is 0 Å². The predicted molar refractivity (Wildman–Crippen MR) is 90.0 cm³/mol. The van der Waals surface area contributed by atoms with Crippen molar-refractivity contribution in [3.05, 3.63) is 64.7 Å². The number of rotatable bonds is 3. The molecule has 1 fully saturated rings. The van der Waals surface area contributed by atoms with Gasteiger partial charge in [-0.05, 0) is 36.8 Å². The van der Waals surface area contributed by atoms with Gasteiger partial charge < -0.3 is 0 Å². The van der Waals surface area contributed by atoms with Gasteiger partial charge in [0.05, 0.1) is 17.0 Å². The Hall–Kier alpha value is -2.34. The molecule has 0 saturated heterocycles. The highest BCUT2D eigenvalue weighted by Crippen LogP contribution is 2.63. The summed E-state index contributed by atoms with van der Waals surface area (Å²) in [6, 6.07) is 16.9. The minimum absolute atomic E-state index is 0.129. The van der Waals surface area contributed by atoms with Gasteiger partial charge in [-0.1, -0.05) is 41.4 Å². The molecule has 0 unspecified atom stereocenters. The van der Waals surface area contributed by atoms with Crippen molar-refractivity contribution >= 4 is 21.4 Å². The molecule has 2 aromatic carbocycles. The lowest BCUT2D eigenvalue weighted by molar-refractivity contribution is 0.591. The average Bonchev–Trinajstić information content (AvgIpc) is 3.26. The van der Waals surface area contributed by atoms with Gasteiger partial charge in [0.25, 0.3) is 0 Å². The highest BCUT2D eigenvalue weighted by Gasteiger charge is 2.73. The highest BCUT2D eigenvalue weighted by atomic mass is 35.5. The van der Waals surface area contributed by atoms with E-state index in [9.17, 15) is 18.9 Å². The summed E-state index contributed by atoms with van der Waals surface area (Å²) < 4.78 is 25.9. The molecular formula is C18H13ClN2O2S. The fourth-order valence-electron chi connectivity index (χ4n) is 3.05. The first-order valence-electron chi connectivity index (χ1n) is 7.25. The molecule has 1 aliphatic rings. The van der Waals surface area contributed by atoms with E-state index in [-0.39, 0.29) is 4.90 Å².